The smallest absolute Gasteiger partial charge is 0.335 e. The third-order valence-electron chi connectivity index (χ3n) is 4.82. The number of imide groups is 2. The summed E-state index contributed by atoms with van der Waals surface area (Å²) in [5.41, 5.74) is 0.440. The molecule has 0 aliphatic carbocycles. The molecule has 4 amide bonds. The zero-order chi connectivity index (χ0) is 23.5. The predicted molar refractivity (Wildman–Crippen MR) is 119 cm³/mol. The first kappa shape index (κ1) is 22.0. The molecule has 1 heterocycles. The summed E-state index contributed by atoms with van der Waals surface area (Å²) < 4.78 is 19.7. The second-order valence-corrected chi connectivity index (χ2v) is 7.47. The maximum absolute atomic E-state index is 13.9. The number of amides is 4. The number of aromatic hydroxyl groups is 1. The van der Waals surface area contributed by atoms with Gasteiger partial charge >= 0.3 is 6.03 Å². The van der Waals surface area contributed by atoms with Crippen molar-refractivity contribution < 1.29 is 28.6 Å². The summed E-state index contributed by atoms with van der Waals surface area (Å²) in [6, 6.07) is 15.1. The topological polar surface area (TPSA) is 95.9 Å². The number of urea groups is 1. The number of phenols is 1. The van der Waals surface area contributed by atoms with Crippen molar-refractivity contribution in [1.82, 2.24) is 5.32 Å². The van der Waals surface area contributed by atoms with Crippen molar-refractivity contribution in [1.29, 1.82) is 0 Å². The highest BCUT2D eigenvalue weighted by molar-refractivity contribution is 6.39. The van der Waals surface area contributed by atoms with Crippen molar-refractivity contribution in [3.8, 4) is 11.5 Å². The number of halogens is 2. The molecule has 0 unspecified atom stereocenters. The van der Waals surface area contributed by atoms with Crippen LogP contribution in [-0.2, 0) is 16.2 Å². The highest BCUT2D eigenvalue weighted by atomic mass is 35.5. The van der Waals surface area contributed by atoms with Crippen LogP contribution in [0.2, 0.25) is 5.02 Å². The Morgan fingerprint density at radius 1 is 1.03 bits per heavy atom. The summed E-state index contributed by atoms with van der Waals surface area (Å²) in [4.78, 5) is 38.6. The Kier molecular flexibility index (Phi) is 6.10. The van der Waals surface area contributed by atoms with Gasteiger partial charge in [0.25, 0.3) is 11.8 Å². The summed E-state index contributed by atoms with van der Waals surface area (Å²) in [6.45, 7) is -0.0945. The van der Waals surface area contributed by atoms with Gasteiger partial charge in [0.05, 0.1) is 5.69 Å². The van der Waals surface area contributed by atoms with E-state index in [2.05, 4.69) is 5.32 Å². The van der Waals surface area contributed by atoms with Crippen molar-refractivity contribution in [2.75, 3.05) is 4.90 Å². The molecule has 0 saturated carbocycles. The Balaban J connectivity index is 1.68. The lowest BCUT2D eigenvalue weighted by atomic mass is 10.1. The number of ether oxygens (including phenoxy) is 1. The monoisotopic (exact) mass is 466 g/mol. The number of nitrogens with one attached hydrogen (secondary N) is 1. The summed E-state index contributed by atoms with van der Waals surface area (Å²) in [5, 5.41) is 11.9. The van der Waals surface area contributed by atoms with E-state index in [1.807, 2.05) is 0 Å². The number of barbiturate groups is 1. The summed E-state index contributed by atoms with van der Waals surface area (Å²) in [7, 11) is 0. The van der Waals surface area contributed by atoms with E-state index < -0.39 is 23.7 Å². The number of benzene rings is 3. The molecule has 166 valence electrons. The number of hydrogen-bond donors (Lipinski definition) is 2. The van der Waals surface area contributed by atoms with Crippen molar-refractivity contribution in [2.24, 2.45) is 0 Å². The van der Waals surface area contributed by atoms with Crippen LogP contribution in [-0.4, -0.2) is 23.0 Å². The second-order valence-electron chi connectivity index (χ2n) is 7.04. The average Bonchev–Trinajstić information content (AvgIpc) is 2.78. The highest BCUT2D eigenvalue weighted by Crippen LogP contribution is 2.29. The number of anilines is 1. The van der Waals surface area contributed by atoms with Crippen LogP contribution in [0, 0.1) is 5.82 Å². The van der Waals surface area contributed by atoms with E-state index in [0.717, 1.165) is 4.90 Å². The molecule has 0 bridgehead atoms. The fourth-order valence-electron chi connectivity index (χ4n) is 3.18. The molecule has 2 N–H and O–H groups in total. The molecule has 3 aromatic rings. The zero-order valence-corrected chi connectivity index (χ0v) is 17.7. The first-order valence-electron chi connectivity index (χ1n) is 9.70. The lowest BCUT2D eigenvalue weighted by molar-refractivity contribution is -0.122. The number of carbonyl (C=O) groups excluding carboxylic acids is 3. The Morgan fingerprint density at radius 2 is 1.76 bits per heavy atom. The minimum Gasteiger partial charge on any atom is -0.508 e. The normalized spacial score (nSPS) is 15.0. The minimum atomic E-state index is -0.921. The number of rotatable bonds is 5. The quantitative estimate of drug-likeness (QED) is 0.428. The highest BCUT2D eigenvalue weighted by Gasteiger charge is 2.37. The van der Waals surface area contributed by atoms with Crippen LogP contribution >= 0.6 is 11.6 Å². The number of phenolic OH excluding ortho intramolecular Hbond substituents is 1. The van der Waals surface area contributed by atoms with Gasteiger partial charge in [-0.05, 0) is 54.6 Å². The van der Waals surface area contributed by atoms with Crippen LogP contribution in [0.3, 0.4) is 0 Å². The van der Waals surface area contributed by atoms with E-state index in [-0.39, 0.29) is 34.9 Å². The third kappa shape index (κ3) is 4.70. The molecule has 9 heteroatoms. The molecule has 1 saturated heterocycles. The summed E-state index contributed by atoms with van der Waals surface area (Å²) in [5.74, 6) is -1.99. The van der Waals surface area contributed by atoms with Crippen molar-refractivity contribution in [3.63, 3.8) is 0 Å². The molecule has 33 heavy (non-hydrogen) atoms. The van der Waals surface area contributed by atoms with E-state index in [0.29, 0.717) is 10.6 Å². The molecule has 7 nitrogen and oxygen atoms in total. The van der Waals surface area contributed by atoms with E-state index >= 15 is 0 Å². The Bertz CT molecular complexity index is 1290. The SMILES string of the molecule is O=C1NC(=O)N(c2ccc(O)cc2)C(=O)C1=Cc1cc(Cl)ccc1OCc1ccccc1F. The van der Waals surface area contributed by atoms with Gasteiger partial charge < -0.3 is 9.84 Å². The van der Waals surface area contributed by atoms with Crippen LogP contribution in [0.25, 0.3) is 6.08 Å². The van der Waals surface area contributed by atoms with Crippen LogP contribution in [0.4, 0.5) is 14.9 Å². The predicted octanol–water partition coefficient (Wildman–Crippen LogP) is 4.43. The molecule has 0 spiro atoms. The molecule has 0 aromatic heterocycles. The molecular weight excluding hydrogens is 451 g/mol. The van der Waals surface area contributed by atoms with Gasteiger partial charge in [-0.15, -0.1) is 0 Å². The fraction of sp³-hybridized carbons (Fsp3) is 0.0417. The maximum atomic E-state index is 13.9. The van der Waals surface area contributed by atoms with Crippen LogP contribution < -0.4 is 15.0 Å². The molecule has 4 rings (SSSR count). The van der Waals surface area contributed by atoms with E-state index in [1.165, 1.54) is 48.5 Å². The lowest BCUT2D eigenvalue weighted by Crippen LogP contribution is -2.54. The lowest BCUT2D eigenvalue weighted by Gasteiger charge is -2.26. The van der Waals surface area contributed by atoms with Gasteiger partial charge in [-0.25, -0.2) is 14.1 Å². The first-order valence-corrected chi connectivity index (χ1v) is 10.1. The van der Waals surface area contributed by atoms with E-state index in [1.54, 1.807) is 24.3 Å². The number of nitrogens with zero attached hydrogens (tertiary/aromatic N) is 1. The van der Waals surface area contributed by atoms with Gasteiger partial charge in [-0.3, -0.25) is 14.9 Å². The van der Waals surface area contributed by atoms with Gasteiger partial charge in [-0.1, -0.05) is 29.8 Å². The molecular formula is C24H16ClFN2O5. The van der Waals surface area contributed by atoms with E-state index in [4.69, 9.17) is 16.3 Å². The molecule has 1 aliphatic heterocycles. The summed E-state index contributed by atoms with van der Waals surface area (Å²) in [6.07, 6.45) is 1.25. The number of hydrogen-bond acceptors (Lipinski definition) is 5. The van der Waals surface area contributed by atoms with Gasteiger partial charge in [0.1, 0.15) is 29.5 Å². The standard InChI is InChI=1S/C24H16ClFN2O5/c25-16-5-10-21(33-13-14-3-1-2-4-20(14)26)15(11-16)12-19-22(30)27-24(32)28(23(19)31)17-6-8-18(29)9-7-17/h1-12,29H,13H2,(H,27,30,32). The minimum absolute atomic E-state index is 0.0500. The Morgan fingerprint density at radius 3 is 2.48 bits per heavy atom. The first-order chi connectivity index (χ1) is 15.8. The molecule has 1 aliphatic rings. The fourth-order valence-corrected chi connectivity index (χ4v) is 3.36. The zero-order valence-electron chi connectivity index (χ0n) is 16.9. The molecule has 1 fully saturated rings. The van der Waals surface area contributed by atoms with Gasteiger partial charge in [0.15, 0.2) is 0 Å². The van der Waals surface area contributed by atoms with Crippen LogP contribution in [0.1, 0.15) is 11.1 Å². The molecule has 3 aromatic carbocycles. The number of carbonyl (C=O) groups is 3. The van der Waals surface area contributed by atoms with Crippen molar-refractivity contribution in [3.05, 3.63) is 94.3 Å². The average molecular weight is 467 g/mol. The van der Waals surface area contributed by atoms with Gasteiger partial charge in [0.2, 0.25) is 0 Å². The Labute approximate surface area is 192 Å². The summed E-state index contributed by atoms with van der Waals surface area (Å²) >= 11 is 6.09. The van der Waals surface area contributed by atoms with Gasteiger partial charge in [0, 0.05) is 16.1 Å². The third-order valence-corrected chi connectivity index (χ3v) is 5.06. The van der Waals surface area contributed by atoms with Crippen LogP contribution in [0.15, 0.2) is 72.3 Å². The van der Waals surface area contributed by atoms with E-state index in [9.17, 15) is 23.9 Å². The van der Waals surface area contributed by atoms with Crippen molar-refractivity contribution in [2.45, 2.75) is 6.61 Å². The largest absolute Gasteiger partial charge is 0.508 e. The Hall–Kier alpha value is -4.17. The maximum Gasteiger partial charge on any atom is 0.335 e. The van der Waals surface area contributed by atoms with Crippen molar-refractivity contribution >= 4 is 41.2 Å². The molecule has 0 radical (unpaired) electrons. The van der Waals surface area contributed by atoms with Crippen LogP contribution in [0.5, 0.6) is 11.5 Å². The van der Waals surface area contributed by atoms with Gasteiger partial charge in [-0.2, -0.15) is 0 Å². The molecule has 0 atom stereocenters. The second kappa shape index (κ2) is 9.13.